The van der Waals surface area contributed by atoms with Crippen LogP contribution in [0.15, 0.2) is 29.3 Å². The van der Waals surface area contributed by atoms with Crippen LogP contribution in [0.4, 0.5) is 0 Å². The Kier molecular flexibility index (Phi) is 9.61. The molecular formula is C18H30IN3O2. The molecule has 1 heterocycles. The molecule has 24 heavy (non-hydrogen) atoms. The number of nitrogens with zero attached hydrogens (tertiary/aromatic N) is 1. The molecule has 3 N–H and O–H groups in total. The van der Waals surface area contributed by atoms with E-state index in [9.17, 15) is 5.11 Å². The van der Waals surface area contributed by atoms with Gasteiger partial charge in [0.1, 0.15) is 0 Å². The minimum Gasteiger partial charge on any atom is -0.396 e. The minimum absolute atomic E-state index is 0. The first-order valence-electron chi connectivity index (χ1n) is 8.44. The largest absolute Gasteiger partial charge is 0.396 e. The molecule has 0 aliphatic carbocycles. The Morgan fingerprint density at radius 2 is 2.04 bits per heavy atom. The number of benzene rings is 1. The van der Waals surface area contributed by atoms with Gasteiger partial charge in [-0.05, 0) is 32.3 Å². The number of halogens is 1. The quantitative estimate of drug-likeness (QED) is 0.342. The molecule has 1 aliphatic rings. The van der Waals surface area contributed by atoms with Crippen molar-refractivity contribution >= 4 is 29.9 Å². The Morgan fingerprint density at radius 3 is 2.62 bits per heavy atom. The van der Waals surface area contributed by atoms with Crippen molar-refractivity contribution in [3.63, 3.8) is 0 Å². The molecule has 0 bridgehead atoms. The lowest BCUT2D eigenvalue weighted by atomic mass is 9.84. The molecule has 2 rings (SSSR count). The molecule has 136 valence electrons. The molecule has 1 saturated heterocycles. The van der Waals surface area contributed by atoms with Crippen LogP contribution in [-0.4, -0.2) is 44.0 Å². The van der Waals surface area contributed by atoms with Crippen molar-refractivity contribution in [3.8, 4) is 0 Å². The van der Waals surface area contributed by atoms with Crippen LogP contribution >= 0.6 is 24.0 Å². The van der Waals surface area contributed by atoms with Crippen LogP contribution in [0.3, 0.4) is 0 Å². The fourth-order valence-electron chi connectivity index (χ4n) is 2.79. The standard InChI is InChI=1S/C18H29N3O2.HI/c1-3-19-17(20-12-16-6-4-15(2)5-7-16)21-13-18(8-10-22)9-11-23-14-18;/h4-7,22H,3,8-14H2,1-2H3,(H2,19,20,21);1H. The van der Waals surface area contributed by atoms with Gasteiger partial charge in [-0.25, -0.2) is 4.99 Å². The Labute approximate surface area is 162 Å². The molecule has 1 fully saturated rings. The Bertz CT molecular complexity index is 499. The number of nitrogens with one attached hydrogen (secondary N) is 2. The van der Waals surface area contributed by atoms with Gasteiger partial charge >= 0.3 is 0 Å². The van der Waals surface area contributed by atoms with E-state index in [0.717, 1.165) is 38.5 Å². The topological polar surface area (TPSA) is 65.9 Å². The average molecular weight is 447 g/mol. The summed E-state index contributed by atoms with van der Waals surface area (Å²) in [6.45, 7) is 8.07. The number of aliphatic imine (C=N–C) groups is 1. The summed E-state index contributed by atoms with van der Waals surface area (Å²) in [6.07, 6.45) is 1.75. The maximum atomic E-state index is 9.31. The third-order valence-electron chi connectivity index (χ3n) is 4.34. The molecule has 6 heteroatoms. The molecule has 0 radical (unpaired) electrons. The molecule has 0 amide bonds. The monoisotopic (exact) mass is 447 g/mol. The zero-order valence-corrected chi connectivity index (χ0v) is 17.0. The molecule has 1 aliphatic heterocycles. The van der Waals surface area contributed by atoms with Crippen LogP contribution in [-0.2, 0) is 11.3 Å². The van der Waals surface area contributed by atoms with Crippen LogP contribution in [0.5, 0.6) is 0 Å². The van der Waals surface area contributed by atoms with Gasteiger partial charge in [0.05, 0.1) is 13.2 Å². The van der Waals surface area contributed by atoms with Crippen LogP contribution in [0.2, 0.25) is 0 Å². The summed E-state index contributed by atoms with van der Waals surface area (Å²) in [5.41, 5.74) is 2.48. The summed E-state index contributed by atoms with van der Waals surface area (Å²) < 4.78 is 5.53. The third kappa shape index (κ3) is 6.57. The van der Waals surface area contributed by atoms with Crippen molar-refractivity contribution < 1.29 is 9.84 Å². The predicted octanol–water partition coefficient (Wildman–Crippen LogP) is 2.46. The number of aliphatic hydroxyl groups excluding tert-OH is 1. The zero-order chi connectivity index (χ0) is 16.5. The highest BCUT2D eigenvalue weighted by atomic mass is 127. The lowest BCUT2D eigenvalue weighted by molar-refractivity contribution is 0.127. The van der Waals surface area contributed by atoms with Crippen molar-refractivity contribution in [1.29, 1.82) is 0 Å². The highest BCUT2D eigenvalue weighted by Gasteiger charge is 2.34. The molecule has 0 saturated carbocycles. The van der Waals surface area contributed by atoms with Gasteiger partial charge in [-0.15, -0.1) is 24.0 Å². The van der Waals surface area contributed by atoms with Gasteiger partial charge in [0.2, 0.25) is 0 Å². The number of hydrogen-bond acceptors (Lipinski definition) is 3. The second-order valence-corrected chi connectivity index (χ2v) is 6.31. The number of rotatable bonds is 7. The van der Waals surface area contributed by atoms with Gasteiger partial charge in [-0.1, -0.05) is 29.8 Å². The van der Waals surface area contributed by atoms with E-state index in [-0.39, 0.29) is 36.0 Å². The van der Waals surface area contributed by atoms with E-state index >= 15 is 0 Å². The number of guanidine groups is 1. The normalized spacial score (nSPS) is 20.5. The summed E-state index contributed by atoms with van der Waals surface area (Å²) in [7, 11) is 0. The number of aliphatic hydroxyl groups is 1. The van der Waals surface area contributed by atoms with E-state index in [1.165, 1.54) is 11.1 Å². The first kappa shape index (κ1) is 21.2. The van der Waals surface area contributed by atoms with Crippen molar-refractivity contribution in [2.45, 2.75) is 33.2 Å². The maximum Gasteiger partial charge on any atom is 0.191 e. The Balaban J connectivity index is 0.00000288. The van der Waals surface area contributed by atoms with E-state index in [1.54, 1.807) is 0 Å². The number of aryl methyl sites for hydroxylation is 1. The fraction of sp³-hybridized carbons (Fsp3) is 0.611. The van der Waals surface area contributed by atoms with Crippen molar-refractivity contribution in [3.05, 3.63) is 35.4 Å². The van der Waals surface area contributed by atoms with E-state index in [2.05, 4.69) is 53.7 Å². The van der Waals surface area contributed by atoms with Crippen LogP contribution in [0.1, 0.15) is 30.9 Å². The van der Waals surface area contributed by atoms with Gasteiger partial charge in [0.25, 0.3) is 0 Å². The van der Waals surface area contributed by atoms with Gasteiger partial charge in [-0.3, -0.25) is 0 Å². The third-order valence-corrected chi connectivity index (χ3v) is 4.34. The fourth-order valence-corrected chi connectivity index (χ4v) is 2.79. The van der Waals surface area contributed by atoms with Crippen molar-refractivity contribution in [2.75, 3.05) is 32.9 Å². The molecule has 0 aromatic heterocycles. The Hall–Kier alpha value is -0.860. The smallest absolute Gasteiger partial charge is 0.191 e. The summed E-state index contributed by atoms with van der Waals surface area (Å²) >= 11 is 0. The van der Waals surface area contributed by atoms with Crippen molar-refractivity contribution in [2.24, 2.45) is 10.4 Å². The summed E-state index contributed by atoms with van der Waals surface area (Å²) in [5, 5.41) is 16.0. The average Bonchev–Trinajstić information content (AvgIpc) is 3.01. The summed E-state index contributed by atoms with van der Waals surface area (Å²) in [6, 6.07) is 8.44. The SMILES string of the molecule is CCNC(=NCc1ccc(C)cc1)NCC1(CCO)CCOC1.I. The number of hydrogen-bond donors (Lipinski definition) is 3. The second-order valence-electron chi connectivity index (χ2n) is 6.31. The van der Waals surface area contributed by atoms with Gasteiger partial charge < -0.3 is 20.5 Å². The Morgan fingerprint density at radius 1 is 1.29 bits per heavy atom. The molecule has 5 nitrogen and oxygen atoms in total. The zero-order valence-electron chi connectivity index (χ0n) is 14.7. The second kappa shape index (κ2) is 10.9. The van der Waals surface area contributed by atoms with E-state index in [0.29, 0.717) is 13.2 Å². The molecule has 0 spiro atoms. The molecule has 1 atom stereocenters. The highest BCUT2D eigenvalue weighted by molar-refractivity contribution is 14.0. The van der Waals surface area contributed by atoms with E-state index in [4.69, 9.17) is 4.74 Å². The van der Waals surface area contributed by atoms with Crippen LogP contribution < -0.4 is 10.6 Å². The molecular weight excluding hydrogens is 417 g/mol. The van der Waals surface area contributed by atoms with E-state index in [1.807, 2.05) is 0 Å². The minimum atomic E-state index is 0. The lowest BCUT2D eigenvalue weighted by Crippen LogP contribution is -2.44. The van der Waals surface area contributed by atoms with Crippen LogP contribution in [0, 0.1) is 12.3 Å². The van der Waals surface area contributed by atoms with Gasteiger partial charge in [0, 0.05) is 31.7 Å². The molecule has 1 aromatic rings. The first-order chi connectivity index (χ1) is 11.2. The summed E-state index contributed by atoms with van der Waals surface area (Å²) in [5.74, 6) is 0.817. The highest BCUT2D eigenvalue weighted by Crippen LogP contribution is 2.31. The van der Waals surface area contributed by atoms with E-state index < -0.39 is 0 Å². The molecule has 1 unspecified atom stereocenters. The summed E-state index contributed by atoms with van der Waals surface area (Å²) in [4.78, 5) is 4.66. The number of ether oxygens (including phenoxy) is 1. The first-order valence-corrected chi connectivity index (χ1v) is 8.44. The molecule has 1 aromatic carbocycles. The maximum absolute atomic E-state index is 9.31. The van der Waals surface area contributed by atoms with Crippen molar-refractivity contribution in [1.82, 2.24) is 10.6 Å². The lowest BCUT2D eigenvalue weighted by Gasteiger charge is -2.27. The van der Waals surface area contributed by atoms with Gasteiger partial charge in [0.15, 0.2) is 5.96 Å². The van der Waals surface area contributed by atoms with Gasteiger partial charge in [-0.2, -0.15) is 0 Å². The predicted molar refractivity (Wildman–Crippen MR) is 109 cm³/mol. The van der Waals surface area contributed by atoms with Crippen LogP contribution in [0.25, 0.3) is 0 Å².